The number of hydrogen-bond acceptors (Lipinski definition) is 3. The molecule has 1 atom stereocenters. The van der Waals surface area contributed by atoms with Crippen LogP contribution in [0.4, 0.5) is 0 Å². The Labute approximate surface area is 155 Å². The number of hydrogen-bond donors (Lipinski definition) is 0. The topological polar surface area (TPSA) is 31.4 Å². The Morgan fingerprint density at radius 3 is 2.38 bits per heavy atom. The van der Waals surface area contributed by atoms with E-state index < -0.39 is 0 Å². The van der Waals surface area contributed by atoms with Crippen LogP contribution in [0.25, 0.3) is 11.1 Å². The molecule has 0 saturated carbocycles. The molecule has 134 valence electrons. The Hall–Kier alpha value is -2.65. The zero-order chi connectivity index (χ0) is 18.4. The van der Waals surface area contributed by atoms with E-state index in [0.717, 1.165) is 23.4 Å². The first kappa shape index (κ1) is 18.2. The van der Waals surface area contributed by atoms with Crippen molar-refractivity contribution in [3.63, 3.8) is 0 Å². The first-order valence-electron chi connectivity index (χ1n) is 8.99. The molecule has 3 nitrogen and oxygen atoms in total. The second kappa shape index (κ2) is 8.63. The summed E-state index contributed by atoms with van der Waals surface area (Å²) in [7, 11) is 1.69. The number of nitrogens with zero attached hydrogens (tertiary/aromatic N) is 1. The van der Waals surface area contributed by atoms with E-state index in [1.165, 1.54) is 16.7 Å². The molecule has 0 saturated heterocycles. The van der Waals surface area contributed by atoms with Gasteiger partial charge in [-0.05, 0) is 60.7 Å². The van der Waals surface area contributed by atoms with Crippen molar-refractivity contribution in [3.8, 4) is 16.9 Å². The van der Waals surface area contributed by atoms with E-state index >= 15 is 0 Å². The van der Waals surface area contributed by atoms with Gasteiger partial charge in [0.05, 0.1) is 18.9 Å². The molecule has 0 fully saturated rings. The molecule has 26 heavy (non-hydrogen) atoms. The highest BCUT2D eigenvalue weighted by Crippen LogP contribution is 2.25. The van der Waals surface area contributed by atoms with Gasteiger partial charge in [0.25, 0.3) is 0 Å². The largest absolute Gasteiger partial charge is 0.497 e. The molecule has 2 aromatic carbocycles. The first-order valence-corrected chi connectivity index (χ1v) is 8.99. The standard InChI is InChI=1S/C23H25NO2/c1-4-26-17(2)23-12-11-19(16-24-23)13-18-7-5-8-20(14-18)21-9-6-10-22(15-21)25-3/h5-12,14-17H,4,13H2,1-3H3. The van der Waals surface area contributed by atoms with Gasteiger partial charge in [0.2, 0.25) is 0 Å². The number of aromatic nitrogens is 1. The minimum Gasteiger partial charge on any atom is -0.497 e. The average Bonchev–Trinajstić information content (AvgIpc) is 2.69. The van der Waals surface area contributed by atoms with Gasteiger partial charge in [0.1, 0.15) is 5.75 Å². The van der Waals surface area contributed by atoms with Crippen molar-refractivity contribution in [3.05, 3.63) is 83.7 Å². The summed E-state index contributed by atoms with van der Waals surface area (Å²) in [6.45, 7) is 4.73. The lowest BCUT2D eigenvalue weighted by molar-refractivity contribution is 0.0733. The minimum atomic E-state index is 0.0328. The Balaban J connectivity index is 1.76. The lowest BCUT2D eigenvalue weighted by Crippen LogP contribution is -2.02. The normalized spacial score (nSPS) is 12.0. The fourth-order valence-electron chi connectivity index (χ4n) is 3.02. The number of rotatable bonds is 7. The molecule has 0 aliphatic carbocycles. The maximum atomic E-state index is 5.60. The van der Waals surface area contributed by atoms with E-state index in [1.807, 2.05) is 32.2 Å². The number of benzene rings is 2. The molecule has 0 bridgehead atoms. The van der Waals surface area contributed by atoms with Crippen LogP contribution in [0.15, 0.2) is 66.9 Å². The van der Waals surface area contributed by atoms with Gasteiger partial charge in [0, 0.05) is 12.8 Å². The van der Waals surface area contributed by atoms with Crippen molar-refractivity contribution < 1.29 is 9.47 Å². The van der Waals surface area contributed by atoms with Crippen molar-refractivity contribution in [2.24, 2.45) is 0 Å². The van der Waals surface area contributed by atoms with E-state index in [1.54, 1.807) is 7.11 Å². The maximum Gasteiger partial charge on any atom is 0.119 e. The lowest BCUT2D eigenvalue weighted by atomic mass is 9.99. The summed E-state index contributed by atoms with van der Waals surface area (Å²) in [6.07, 6.45) is 2.84. The summed E-state index contributed by atoms with van der Waals surface area (Å²) in [5.74, 6) is 0.871. The average molecular weight is 347 g/mol. The van der Waals surface area contributed by atoms with E-state index in [2.05, 4.69) is 53.5 Å². The summed E-state index contributed by atoms with van der Waals surface area (Å²) in [4.78, 5) is 4.56. The van der Waals surface area contributed by atoms with Crippen LogP contribution >= 0.6 is 0 Å². The minimum absolute atomic E-state index is 0.0328. The molecule has 0 spiro atoms. The third-order valence-corrected chi connectivity index (χ3v) is 4.42. The van der Waals surface area contributed by atoms with Gasteiger partial charge in [-0.1, -0.05) is 42.5 Å². The lowest BCUT2D eigenvalue weighted by Gasteiger charge is -2.11. The third-order valence-electron chi connectivity index (χ3n) is 4.42. The highest BCUT2D eigenvalue weighted by atomic mass is 16.5. The molecule has 1 heterocycles. The molecule has 0 aliphatic heterocycles. The molecule has 3 heteroatoms. The number of methoxy groups -OCH3 is 1. The van der Waals surface area contributed by atoms with Gasteiger partial charge in [-0.3, -0.25) is 4.98 Å². The highest BCUT2D eigenvalue weighted by molar-refractivity contribution is 5.65. The third kappa shape index (κ3) is 4.50. The molecule has 1 unspecified atom stereocenters. The number of pyridine rings is 1. The smallest absolute Gasteiger partial charge is 0.119 e. The molecule has 3 rings (SSSR count). The van der Waals surface area contributed by atoms with Crippen LogP contribution in [0.3, 0.4) is 0 Å². The van der Waals surface area contributed by atoms with Crippen LogP contribution in [0.1, 0.15) is 36.8 Å². The zero-order valence-electron chi connectivity index (χ0n) is 15.6. The Morgan fingerprint density at radius 2 is 1.69 bits per heavy atom. The molecule has 0 aliphatic rings. The molecule has 0 N–H and O–H groups in total. The maximum absolute atomic E-state index is 5.60. The molecule has 0 amide bonds. The molecule has 1 aromatic heterocycles. The van der Waals surface area contributed by atoms with E-state index in [0.29, 0.717) is 6.61 Å². The molecular formula is C23H25NO2. The summed E-state index contributed by atoms with van der Waals surface area (Å²) in [6, 6.07) is 20.9. The van der Waals surface area contributed by atoms with Gasteiger partial charge in [0.15, 0.2) is 0 Å². The van der Waals surface area contributed by atoms with Crippen molar-refractivity contribution in [1.29, 1.82) is 0 Å². The summed E-state index contributed by atoms with van der Waals surface area (Å²) in [5, 5.41) is 0. The van der Waals surface area contributed by atoms with Crippen LogP contribution in [0.5, 0.6) is 5.75 Å². The van der Waals surface area contributed by atoms with Crippen LogP contribution < -0.4 is 4.74 Å². The van der Waals surface area contributed by atoms with E-state index in [-0.39, 0.29) is 6.10 Å². The quantitative estimate of drug-likeness (QED) is 0.570. The summed E-state index contributed by atoms with van der Waals surface area (Å²) in [5.41, 5.74) is 5.78. The Morgan fingerprint density at radius 1 is 0.923 bits per heavy atom. The van der Waals surface area contributed by atoms with Crippen molar-refractivity contribution in [2.75, 3.05) is 13.7 Å². The molecule has 0 radical (unpaired) electrons. The van der Waals surface area contributed by atoms with Gasteiger partial charge < -0.3 is 9.47 Å². The van der Waals surface area contributed by atoms with Crippen LogP contribution in [0.2, 0.25) is 0 Å². The Bertz CT molecular complexity index is 843. The zero-order valence-corrected chi connectivity index (χ0v) is 15.6. The SMILES string of the molecule is CCOC(C)c1ccc(Cc2cccc(-c3cccc(OC)c3)c2)cn1. The second-order valence-corrected chi connectivity index (χ2v) is 6.30. The van der Waals surface area contributed by atoms with Gasteiger partial charge >= 0.3 is 0 Å². The van der Waals surface area contributed by atoms with Crippen molar-refractivity contribution >= 4 is 0 Å². The van der Waals surface area contributed by atoms with Gasteiger partial charge in [-0.15, -0.1) is 0 Å². The Kier molecular flexibility index (Phi) is 6.03. The molecular weight excluding hydrogens is 322 g/mol. The van der Waals surface area contributed by atoms with Crippen LogP contribution in [-0.4, -0.2) is 18.7 Å². The highest BCUT2D eigenvalue weighted by Gasteiger charge is 2.07. The summed E-state index contributed by atoms with van der Waals surface area (Å²) < 4.78 is 10.9. The van der Waals surface area contributed by atoms with Gasteiger partial charge in [-0.25, -0.2) is 0 Å². The van der Waals surface area contributed by atoms with Gasteiger partial charge in [-0.2, -0.15) is 0 Å². The predicted molar refractivity (Wildman–Crippen MR) is 106 cm³/mol. The second-order valence-electron chi connectivity index (χ2n) is 6.30. The fourth-order valence-corrected chi connectivity index (χ4v) is 3.02. The predicted octanol–water partition coefficient (Wildman–Crippen LogP) is 5.45. The first-order chi connectivity index (χ1) is 12.7. The van der Waals surface area contributed by atoms with Crippen molar-refractivity contribution in [2.45, 2.75) is 26.4 Å². The van der Waals surface area contributed by atoms with Crippen LogP contribution in [-0.2, 0) is 11.2 Å². The van der Waals surface area contributed by atoms with Crippen molar-refractivity contribution in [1.82, 2.24) is 4.98 Å². The number of ether oxygens (including phenoxy) is 2. The van der Waals surface area contributed by atoms with Crippen LogP contribution in [0, 0.1) is 0 Å². The van der Waals surface area contributed by atoms with E-state index in [9.17, 15) is 0 Å². The van der Waals surface area contributed by atoms with E-state index in [4.69, 9.17) is 9.47 Å². The molecule has 3 aromatic rings. The monoisotopic (exact) mass is 347 g/mol. The fraction of sp³-hybridized carbons (Fsp3) is 0.261. The summed E-state index contributed by atoms with van der Waals surface area (Å²) >= 11 is 0.